The standard InChI is InChI=1S/C23H27N5/c1-3-12-19(13-4-1)27-17-9-11-18-10-7-8-16-21(18)22(27)23-24-25-26-28(23)20-14-5-2-6-15-20/h1,3-4,7-8,10,12-13,16,20,22H,2,5-6,9,11,14-15,17H2/t22-/m1/s1. The van der Waals surface area contributed by atoms with Gasteiger partial charge in [0.05, 0.1) is 6.04 Å². The van der Waals surface area contributed by atoms with E-state index in [0.717, 1.165) is 25.2 Å². The number of benzene rings is 2. The minimum absolute atomic E-state index is 0.0537. The maximum Gasteiger partial charge on any atom is 0.178 e. The van der Waals surface area contributed by atoms with Crippen molar-refractivity contribution in [2.45, 2.75) is 57.0 Å². The van der Waals surface area contributed by atoms with Crippen LogP contribution in [0.4, 0.5) is 5.69 Å². The lowest BCUT2D eigenvalue weighted by molar-refractivity contribution is 0.313. The van der Waals surface area contributed by atoms with Gasteiger partial charge in [-0.25, -0.2) is 4.68 Å². The minimum atomic E-state index is 0.0537. The topological polar surface area (TPSA) is 46.8 Å². The van der Waals surface area contributed by atoms with E-state index in [1.54, 1.807) is 0 Å². The molecule has 1 fully saturated rings. The maximum atomic E-state index is 4.59. The number of tetrazole rings is 1. The van der Waals surface area contributed by atoms with E-state index in [0.29, 0.717) is 6.04 Å². The number of hydrogen-bond acceptors (Lipinski definition) is 4. The summed E-state index contributed by atoms with van der Waals surface area (Å²) in [6.45, 7) is 1.00. The highest BCUT2D eigenvalue weighted by Crippen LogP contribution is 2.38. The molecule has 0 radical (unpaired) electrons. The van der Waals surface area contributed by atoms with Crippen molar-refractivity contribution in [3.05, 3.63) is 71.5 Å². The molecule has 0 saturated heterocycles. The van der Waals surface area contributed by atoms with Gasteiger partial charge in [0, 0.05) is 12.2 Å². The first-order valence-corrected chi connectivity index (χ1v) is 10.6. The minimum Gasteiger partial charge on any atom is -0.357 e. The Morgan fingerprint density at radius 3 is 2.46 bits per heavy atom. The lowest BCUT2D eigenvalue weighted by Crippen LogP contribution is -2.33. The fourth-order valence-corrected chi connectivity index (χ4v) is 4.91. The van der Waals surface area contributed by atoms with Gasteiger partial charge in [-0.05, 0) is 59.4 Å². The van der Waals surface area contributed by atoms with E-state index in [-0.39, 0.29) is 6.04 Å². The highest BCUT2D eigenvalue weighted by atomic mass is 15.6. The Bertz CT molecular complexity index is 914. The van der Waals surface area contributed by atoms with E-state index in [1.165, 1.54) is 48.9 Å². The zero-order valence-corrected chi connectivity index (χ0v) is 16.2. The van der Waals surface area contributed by atoms with E-state index in [2.05, 4.69) is 79.7 Å². The summed E-state index contributed by atoms with van der Waals surface area (Å²) in [5.41, 5.74) is 4.00. The molecule has 1 saturated carbocycles. The van der Waals surface area contributed by atoms with E-state index in [9.17, 15) is 0 Å². The highest BCUT2D eigenvalue weighted by Gasteiger charge is 2.33. The van der Waals surface area contributed by atoms with Crippen molar-refractivity contribution in [1.29, 1.82) is 0 Å². The van der Waals surface area contributed by atoms with Gasteiger partial charge in [-0.15, -0.1) is 5.10 Å². The fraction of sp³-hybridized carbons (Fsp3) is 0.435. The molecule has 1 aliphatic heterocycles. The van der Waals surface area contributed by atoms with Gasteiger partial charge < -0.3 is 4.90 Å². The number of para-hydroxylation sites is 1. The number of aromatic nitrogens is 4. The molecule has 3 aromatic rings. The number of nitrogens with zero attached hydrogens (tertiary/aromatic N) is 5. The lowest BCUT2D eigenvalue weighted by Gasteiger charge is -2.33. The summed E-state index contributed by atoms with van der Waals surface area (Å²) in [5, 5.41) is 13.2. The Kier molecular flexibility index (Phi) is 4.81. The molecule has 1 atom stereocenters. The largest absolute Gasteiger partial charge is 0.357 e. The summed E-state index contributed by atoms with van der Waals surface area (Å²) in [7, 11) is 0. The molecule has 1 aliphatic carbocycles. The SMILES string of the molecule is c1ccc(N2CCCc3ccccc3[C@@H]2c2nnnn2C2CCCCC2)cc1. The second-order valence-corrected chi connectivity index (χ2v) is 8.01. The molecule has 0 unspecified atom stereocenters. The molecule has 5 nitrogen and oxygen atoms in total. The molecule has 1 aromatic heterocycles. The van der Waals surface area contributed by atoms with Gasteiger partial charge in [-0.3, -0.25) is 0 Å². The quantitative estimate of drug-likeness (QED) is 0.666. The average Bonchev–Trinajstić information content (AvgIpc) is 3.16. The van der Waals surface area contributed by atoms with Crippen molar-refractivity contribution >= 4 is 5.69 Å². The molecule has 2 aromatic carbocycles. The normalized spacial score (nSPS) is 20.6. The molecule has 0 bridgehead atoms. The molecular formula is C23H27N5. The van der Waals surface area contributed by atoms with E-state index < -0.39 is 0 Å². The molecule has 0 amide bonds. The molecule has 144 valence electrons. The van der Waals surface area contributed by atoms with E-state index >= 15 is 0 Å². The van der Waals surface area contributed by atoms with Gasteiger partial charge in [0.25, 0.3) is 0 Å². The van der Waals surface area contributed by atoms with Gasteiger partial charge in [0.1, 0.15) is 6.04 Å². The van der Waals surface area contributed by atoms with Gasteiger partial charge in [0.15, 0.2) is 5.82 Å². The van der Waals surface area contributed by atoms with E-state index in [1.807, 2.05) is 0 Å². The summed E-state index contributed by atoms with van der Waals surface area (Å²) in [6.07, 6.45) is 8.46. The molecule has 0 spiro atoms. The number of rotatable bonds is 3. The number of fused-ring (bicyclic) bond motifs is 1. The summed E-state index contributed by atoms with van der Waals surface area (Å²) in [5.74, 6) is 0.991. The van der Waals surface area contributed by atoms with Crippen molar-refractivity contribution in [2.75, 3.05) is 11.4 Å². The van der Waals surface area contributed by atoms with Crippen LogP contribution in [-0.2, 0) is 6.42 Å². The molecule has 5 heteroatoms. The average molecular weight is 374 g/mol. The number of hydrogen-bond donors (Lipinski definition) is 0. The van der Waals surface area contributed by atoms with Crippen LogP contribution < -0.4 is 4.90 Å². The molecule has 5 rings (SSSR count). The van der Waals surface area contributed by atoms with E-state index in [4.69, 9.17) is 0 Å². The van der Waals surface area contributed by atoms with Crippen molar-refractivity contribution in [2.24, 2.45) is 0 Å². The third kappa shape index (κ3) is 3.19. The van der Waals surface area contributed by atoms with Crippen molar-refractivity contribution in [1.82, 2.24) is 20.2 Å². The Hall–Kier alpha value is -2.69. The van der Waals surface area contributed by atoms with Crippen LogP contribution in [0.15, 0.2) is 54.6 Å². The van der Waals surface area contributed by atoms with Crippen LogP contribution in [0.3, 0.4) is 0 Å². The molecule has 28 heavy (non-hydrogen) atoms. The third-order valence-electron chi connectivity index (χ3n) is 6.28. The summed E-state index contributed by atoms with van der Waals surface area (Å²) < 4.78 is 2.14. The van der Waals surface area contributed by atoms with Crippen LogP contribution in [0.25, 0.3) is 0 Å². The van der Waals surface area contributed by atoms with Gasteiger partial charge in [-0.1, -0.05) is 61.7 Å². The van der Waals surface area contributed by atoms with Gasteiger partial charge in [-0.2, -0.15) is 0 Å². The molecule has 2 aliphatic rings. The van der Waals surface area contributed by atoms with Crippen LogP contribution in [-0.4, -0.2) is 26.8 Å². The second kappa shape index (κ2) is 7.74. The first kappa shape index (κ1) is 17.4. The first-order chi connectivity index (χ1) is 13.9. The predicted octanol–water partition coefficient (Wildman–Crippen LogP) is 4.72. The third-order valence-corrected chi connectivity index (χ3v) is 6.28. The monoisotopic (exact) mass is 373 g/mol. The Balaban J connectivity index is 1.64. The van der Waals surface area contributed by atoms with Crippen LogP contribution in [0.2, 0.25) is 0 Å². The van der Waals surface area contributed by atoms with Crippen LogP contribution in [0, 0.1) is 0 Å². The molecule has 2 heterocycles. The predicted molar refractivity (Wildman–Crippen MR) is 110 cm³/mol. The molecule has 0 N–H and O–H groups in total. The Labute approximate surface area is 166 Å². The summed E-state index contributed by atoms with van der Waals surface area (Å²) in [4.78, 5) is 2.50. The Morgan fingerprint density at radius 2 is 1.61 bits per heavy atom. The molecular weight excluding hydrogens is 346 g/mol. The summed E-state index contributed by atoms with van der Waals surface area (Å²) in [6, 6.07) is 20.0. The summed E-state index contributed by atoms with van der Waals surface area (Å²) >= 11 is 0. The van der Waals surface area contributed by atoms with Crippen LogP contribution >= 0.6 is 0 Å². The van der Waals surface area contributed by atoms with Gasteiger partial charge in [0.2, 0.25) is 0 Å². The number of aryl methyl sites for hydroxylation is 1. The number of anilines is 1. The fourth-order valence-electron chi connectivity index (χ4n) is 4.91. The smallest absolute Gasteiger partial charge is 0.178 e. The maximum absolute atomic E-state index is 4.59. The van der Waals surface area contributed by atoms with Crippen molar-refractivity contribution < 1.29 is 0 Å². The van der Waals surface area contributed by atoms with Crippen LogP contribution in [0.5, 0.6) is 0 Å². The van der Waals surface area contributed by atoms with Crippen molar-refractivity contribution in [3.8, 4) is 0 Å². The lowest BCUT2D eigenvalue weighted by atomic mass is 9.94. The highest BCUT2D eigenvalue weighted by molar-refractivity contribution is 5.53. The van der Waals surface area contributed by atoms with Gasteiger partial charge >= 0.3 is 0 Å². The zero-order valence-electron chi connectivity index (χ0n) is 16.2. The second-order valence-electron chi connectivity index (χ2n) is 8.01. The first-order valence-electron chi connectivity index (χ1n) is 10.6. The van der Waals surface area contributed by atoms with Crippen LogP contribution in [0.1, 0.15) is 67.6 Å². The Morgan fingerprint density at radius 1 is 0.821 bits per heavy atom. The van der Waals surface area contributed by atoms with Crippen molar-refractivity contribution in [3.63, 3.8) is 0 Å². The zero-order chi connectivity index (χ0) is 18.8.